The van der Waals surface area contributed by atoms with Crippen molar-refractivity contribution < 1.29 is 9.53 Å². The van der Waals surface area contributed by atoms with Gasteiger partial charge in [-0.2, -0.15) is 0 Å². The topological polar surface area (TPSA) is 52.3 Å². The zero-order chi connectivity index (χ0) is 15.8. The van der Waals surface area contributed by atoms with Crippen LogP contribution in [-0.2, 0) is 0 Å². The molecule has 4 rings (SSSR count). The van der Waals surface area contributed by atoms with E-state index in [2.05, 4.69) is 12.1 Å². The molecule has 0 heterocycles. The van der Waals surface area contributed by atoms with E-state index in [1.54, 1.807) is 24.3 Å². The van der Waals surface area contributed by atoms with Crippen molar-refractivity contribution in [1.82, 2.24) is 0 Å². The van der Waals surface area contributed by atoms with E-state index in [9.17, 15) is 4.79 Å². The number of fused-ring (bicyclic) bond motifs is 2. The van der Waals surface area contributed by atoms with Gasteiger partial charge in [0.05, 0.1) is 0 Å². The van der Waals surface area contributed by atoms with Gasteiger partial charge in [0.1, 0.15) is 11.5 Å². The number of carbonyl (C=O) groups excluding carboxylic acids is 1. The van der Waals surface area contributed by atoms with Crippen LogP contribution in [0.5, 0.6) is 11.5 Å². The minimum absolute atomic E-state index is 0.424. The standard InChI is InChI=1S/C20H21NO2/c21-20(22)15-5-9-18(10-6-15)23-17-7-3-14(4-8-17)19-12-13-1-2-16(19)11-13/h3-10,13,16,19H,1-2,11-12H2,(H2,21,22). The molecule has 2 fully saturated rings. The maximum atomic E-state index is 11.1. The first-order valence-corrected chi connectivity index (χ1v) is 8.37. The van der Waals surface area contributed by atoms with Gasteiger partial charge in [0.25, 0.3) is 0 Å². The van der Waals surface area contributed by atoms with Crippen molar-refractivity contribution in [3.8, 4) is 11.5 Å². The lowest BCUT2D eigenvalue weighted by Crippen LogP contribution is -2.10. The van der Waals surface area contributed by atoms with Gasteiger partial charge in [0.15, 0.2) is 0 Å². The van der Waals surface area contributed by atoms with Gasteiger partial charge >= 0.3 is 0 Å². The molecule has 0 spiro atoms. The fourth-order valence-corrected chi connectivity index (χ4v) is 4.26. The summed E-state index contributed by atoms with van der Waals surface area (Å²) in [6, 6.07) is 15.4. The van der Waals surface area contributed by atoms with Crippen LogP contribution >= 0.6 is 0 Å². The van der Waals surface area contributed by atoms with Crippen LogP contribution in [0, 0.1) is 11.8 Å². The molecule has 2 saturated carbocycles. The highest BCUT2D eigenvalue weighted by Crippen LogP contribution is 2.52. The second-order valence-electron chi connectivity index (χ2n) is 6.84. The van der Waals surface area contributed by atoms with Crippen molar-refractivity contribution in [3.05, 3.63) is 59.7 Å². The van der Waals surface area contributed by atoms with Crippen molar-refractivity contribution in [1.29, 1.82) is 0 Å². The predicted molar refractivity (Wildman–Crippen MR) is 89.7 cm³/mol. The Morgan fingerprint density at radius 2 is 1.57 bits per heavy atom. The summed E-state index contributed by atoms with van der Waals surface area (Å²) in [5.74, 6) is 3.72. The second-order valence-corrected chi connectivity index (χ2v) is 6.84. The number of primary amides is 1. The first-order valence-electron chi connectivity index (χ1n) is 8.37. The van der Waals surface area contributed by atoms with Gasteiger partial charge in [-0.05, 0) is 79.0 Å². The van der Waals surface area contributed by atoms with E-state index in [4.69, 9.17) is 10.5 Å². The maximum Gasteiger partial charge on any atom is 0.248 e. The Morgan fingerprint density at radius 3 is 2.09 bits per heavy atom. The highest BCUT2D eigenvalue weighted by molar-refractivity contribution is 5.92. The minimum atomic E-state index is -0.424. The smallest absolute Gasteiger partial charge is 0.248 e. The molecular formula is C20H21NO2. The number of nitrogens with two attached hydrogens (primary N) is 1. The lowest BCUT2D eigenvalue weighted by atomic mass is 9.83. The molecule has 0 aliphatic heterocycles. The summed E-state index contributed by atoms with van der Waals surface area (Å²) in [7, 11) is 0. The number of hydrogen-bond acceptors (Lipinski definition) is 2. The Morgan fingerprint density at radius 1 is 0.913 bits per heavy atom. The third kappa shape index (κ3) is 2.83. The van der Waals surface area contributed by atoms with Crippen LogP contribution in [0.15, 0.2) is 48.5 Å². The van der Waals surface area contributed by atoms with Gasteiger partial charge in [-0.3, -0.25) is 4.79 Å². The molecule has 1 amide bonds. The van der Waals surface area contributed by atoms with Crippen LogP contribution in [0.1, 0.15) is 47.5 Å². The van der Waals surface area contributed by atoms with Crippen molar-refractivity contribution in [2.45, 2.75) is 31.6 Å². The molecule has 0 radical (unpaired) electrons. The summed E-state index contributed by atoms with van der Waals surface area (Å²) >= 11 is 0. The molecule has 23 heavy (non-hydrogen) atoms. The van der Waals surface area contributed by atoms with Gasteiger partial charge in [-0.25, -0.2) is 0 Å². The van der Waals surface area contributed by atoms with Crippen LogP contribution in [0.3, 0.4) is 0 Å². The number of benzene rings is 2. The normalized spacial score (nSPS) is 25.5. The summed E-state index contributed by atoms with van der Waals surface area (Å²) < 4.78 is 5.84. The third-order valence-corrected chi connectivity index (χ3v) is 5.42. The Kier molecular flexibility index (Phi) is 3.56. The molecule has 118 valence electrons. The first kappa shape index (κ1) is 14.3. The van der Waals surface area contributed by atoms with Gasteiger partial charge in [-0.15, -0.1) is 0 Å². The van der Waals surface area contributed by atoms with Crippen LogP contribution in [0.25, 0.3) is 0 Å². The predicted octanol–water partition coefficient (Wildman–Crippen LogP) is 4.48. The van der Waals surface area contributed by atoms with Crippen molar-refractivity contribution in [3.63, 3.8) is 0 Å². The molecule has 3 heteroatoms. The van der Waals surface area contributed by atoms with Crippen molar-refractivity contribution in [2.75, 3.05) is 0 Å². The maximum absolute atomic E-state index is 11.1. The molecular weight excluding hydrogens is 286 g/mol. The monoisotopic (exact) mass is 307 g/mol. The summed E-state index contributed by atoms with van der Waals surface area (Å²) in [4.78, 5) is 11.1. The summed E-state index contributed by atoms with van der Waals surface area (Å²) in [6.07, 6.45) is 5.62. The molecule has 2 aromatic carbocycles. The quantitative estimate of drug-likeness (QED) is 0.905. The molecule has 3 unspecified atom stereocenters. The summed E-state index contributed by atoms with van der Waals surface area (Å²) in [5, 5.41) is 0. The lowest BCUT2D eigenvalue weighted by molar-refractivity contribution is 0.100. The Balaban J connectivity index is 1.45. The van der Waals surface area contributed by atoms with Crippen LogP contribution < -0.4 is 10.5 Å². The van der Waals surface area contributed by atoms with Crippen molar-refractivity contribution >= 4 is 5.91 Å². The number of hydrogen-bond donors (Lipinski definition) is 1. The SMILES string of the molecule is NC(=O)c1ccc(Oc2ccc(C3CC4CCC3C4)cc2)cc1. The average Bonchev–Trinajstić information content (AvgIpc) is 3.19. The van der Waals surface area contributed by atoms with E-state index in [0.29, 0.717) is 11.3 Å². The molecule has 3 atom stereocenters. The van der Waals surface area contributed by atoms with Crippen LogP contribution in [0.2, 0.25) is 0 Å². The molecule has 2 aromatic rings. The largest absolute Gasteiger partial charge is 0.457 e. The fraction of sp³-hybridized carbons (Fsp3) is 0.350. The number of ether oxygens (including phenoxy) is 1. The van der Waals surface area contributed by atoms with Crippen LogP contribution in [0.4, 0.5) is 0 Å². The molecule has 0 saturated heterocycles. The highest BCUT2D eigenvalue weighted by Gasteiger charge is 2.39. The van der Waals surface area contributed by atoms with Gasteiger partial charge in [0.2, 0.25) is 5.91 Å². The van der Waals surface area contributed by atoms with E-state index in [-0.39, 0.29) is 0 Å². The summed E-state index contributed by atoms with van der Waals surface area (Å²) in [5.41, 5.74) is 7.18. The Labute approximate surface area is 136 Å². The fourth-order valence-electron chi connectivity index (χ4n) is 4.26. The molecule has 2 bridgehead atoms. The Hall–Kier alpha value is -2.29. The second kappa shape index (κ2) is 5.73. The zero-order valence-corrected chi connectivity index (χ0v) is 13.1. The minimum Gasteiger partial charge on any atom is -0.457 e. The van der Waals surface area contributed by atoms with E-state index in [0.717, 1.165) is 23.5 Å². The van der Waals surface area contributed by atoms with Gasteiger partial charge < -0.3 is 10.5 Å². The number of amides is 1. The van der Waals surface area contributed by atoms with E-state index in [1.165, 1.54) is 31.2 Å². The molecule has 0 aromatic heterocycles. The number of carbonyl (C=O) groups is 1. The average molecular weight is 307 g/mol. The third-order valence-electron chi connectivity index (χ3n) is 5.42. The summed E-state index contributed by atoms with van der Waals surface area (Å²) in [6.45, 7) is 0. The molecule has 3 nitrogen and oxygen atoms in total. The highest BCUT2D eigenvalue weighted by atomic mass is 16.5. The molecule has 2 aliphatic carbocycles. The zero-order valence-electron chi connectivity index (χ0n) is 13.1. The lowest BCUT2D eigenvalue weighted by Gasteiger charge is -2.22. The van der Waals surface area contributed by atoms with E-state index < -0.39 is 5.91 Å². The first-order chi connectivity index (χ1) is 11.2. The molecule has 2 N–H and O–H groups in total. The van der Waals surface area contributed by atoms with E-state index >= 15 is 0 Å². The van der Waals surface area contributed by atoms with E-state index in [1.807, 2.05) is 12.1 Å². The molecule has 2 aliphatic rings. The van der Waals surface area contributed by atoms with Crippen molar-refractivity contribution in [2.24, 2.45) is 17.6 Å². The van der Waals surface area contributed by atoms with Crippen LogP contribution in [-0.4, -0.2) is 5.91 Å². The Bertz CT molecular complexity index is 705. The van der Waals surface area contributed by atoms with Gasteiger partial charge in [-0.1, -0.05) is 18.6 Å². The van der Waals surface area contributed by atoms with Gasteiger partial charge in [0, 0.05) is 5.56 Å². The number of rotatable bonds is 4.